The first-order valence-electron chi connectivity index (χ1n) is 15.2. The van der Waals surface area contributed by atoms with Gasteiger partial charge < -0.3 is 20.8 Å². The molecule has 0 unspecified atom stereocenters. The molecular formula is C34H32N2Na2O10S2. The summed E-state index contributed by atoms with van der Waals surface area (Å²) >= 11 is 0. The molecule has 0 bridgehead atoms. The van der Waals surface area contributed by atoms with E-state index in [-0.39, 0.29) is 103 Å². The number of ketones is 2. The van der Waals surface area contributed by atoms with Gasteiger partial charge in [-0.2, -0.15) is 16.8 Å². The van der Waals surface area contributed by atoms with Crippen LogP contribution in [0.4, 0.5) is 22.7 Å². The minimum absolute atomic E-state index is 0. The second kappa shape index (κ2) is 16.7. The molecule has 12 nitrogen and oxygen atoms in total. The summed E-state index contributed by atoms with van der Waals surface area (Å²) in [5.41, 5.74) is -0.778. The monoisotopic (exact) mass is 738 g/mol. The Balaban J connectivity index is 0.00000338. The smallest absolute Gasteiger partial charge is 0.872 e. The Labute approximate surface area is 334 Å². The number of rotatable bonds is 12. The van der Waals surface area contributed by atoms with Gasteiger partial charge in [-0.15, -0.1) is 0 Å². The van der Waals surface area contributed by atoms with Gasteiger partial charge in [-0.25, -0.2) is 0 Å². The SMILES string of the molecule is CCCCc1ccc(Nc2ccc(Nc3ccc(CCCC)c(S(=O)(=O)O)c3)c3c2C(=O)c2c([O-])ccc([O-])c2C3=O)cc1S(=O)(=O)O.[Na+].[Na+]. The number of hydrogen-bond donors (Lipinski definition) is 4. The van der Waals surface area contributed by atoms with Crippen LogP contribution in [0.15, 0.2) is 70.5 Å². The van der Waals surface area contributed by atoms with E-state index in [1.807, 2.05) is 13.8 Å². The molecule has 0 aromatic heterocycles. The van der Waals surface area contributed by atoms with Crippen molar-refractivity contribution in [1.29, 1.82) is 0 Å². The predicted molar refractivity (Wildman–Crippen MR) is 175 cm³/mol. The van der Waals surface area contributed by atoms with E-state index in [0.717, 1.165) is 25.0 Å². The molecule has 0 saturated carbocycles. The van der Waals surface area contributed by atoms with Gasteiger partial charge in [-0.1, -0.05) is 62.5 Å². The fourth-order valence-corrected chi connectivity index (χ4v) is 7.31. The molecule has 0 saturated heterocycles. The van der Waals surface area contributed by atoms with Crippen LogP contribution in [-0.4, -0.2) is 37.5 Å². The molecule has 0 amide bonds. The number of carbonyl (C=O) groups is 2. The molecule has 4 N–H and O–H groups in total. The first kappa shape index (κ1) is 41.7. The fourth-order valence-electron chi connectivity index (χ4n) is 5.75. The van der Waals surface area contributed by atoms with Crippen molar-refractivity contribution < 1.29 is 105 Å². The third kappa shape index (κ3) is 8.64. The van der Waals surface area contributed by atoms with Gasteiger partial charge in [-0.05, 0) is 73.2 Å². The van der Waals surface area contributed by atoms with Crippen molar-refractivity contribution in [2.45, 2.75) is 62.2 Å². The summed E-state index contributed by atoms with van der Waals surface area (Å²) in [4.78, 5) is 27.3. The number of anilines is 4. The number of fused-ring (bicyclic) bond motifs is 2. The number of hydrogen-bond acceptors (Lipinski definition) is 10. The molecule has 4 aromatic carbocycles. The first-order valence-corrected chi connectivity index (χ1v) is 18.1. The van der Waals surface area contributed by atoms with Gasteiger partial charge in [0.05, 0.1) is 32.3 Å². The minimum atomic E-state index is -4.64. The van der Waals surface area contributed by atoms with E-state index >= 15 is 0 Å². The maximum absolute atomic E-state index is 14.0. The summed E-state index contributed by atoms with van der Waals surface area (Å²) in [5, 5.41) is 31.5. The summed E-state index contributed by atoms with van der Waals surface area (Å²) in [6.07, 6.45) is 3.66. The third-order valence-electron chi connectivity index (χ3n) is 8.09. The first-order chi connectivity index (χ1) is 22.6. The molecule has 0 heterocycles. The van der Waals surface area contributed by atoms with Gasteiger partial charge in [0.25, 0.3) is 20.2 Å². The normalized spacial score (nSPS) is 12.3. The van der Waals surface area contributed by atoms with Crippen LogP contribution in [0, 0.1) is 0 Å². The fraction of sp³-hybridized carbons (Fsp3) is 0.235. The summed E-state index contributed by atoms with van der Waals surface area (Å²) < 4.78 is 68.8. The van der Waals surface area contributed by atoms with E-state index in [2.05, 4.69) is 10.6 Å². The molecule has 0 radical (unpaired) electrons. The molecule has 50 heavy (non-hydrogen) atoms. The van der Waals surface area contributed by atoms with Gasteiger partial charge in [-0.3, -0.25) is 18.7 Å². The van der Waals surface area contributed by atoms with Crippen molar-refractivity contribution in [2.24, 2.45) is 0 Å². The maximum atomic E-state index is 14.0. The zero-order chi connectivity index (χ0) is 35.0. The van der Waals surface area contributed by atoms with Crippen LogP contribution in [0.1, 0.15) is 82.5 Å². The van der Waals surface area contributed by atoms with Crippen molar-refractivity contribution >= 4 is 54.6 Å². The van der Waals surface area contributed by atoms with Crippen molar-refractivity contribution in [2.75, 3.05) is 10.6 Å². The van der Waals surface area contributed by atoms with E-state index in [1.165, 1.54) is 48.5 Å². The van der Waals surface area contributed by atoms with Crippen LogP contribution < -0.4 is 80.0 Å². The molecule has 0 fully saturated rings. The van der Waals surface area contributed by atoms with Crippen molar-refractivity contribution in [3.05, 3.63) is 94.0 Å². The zero-order valence-electron chi connectivity index (χ0n) is 28.0. The number of aryl methyl sites for hydroxylation is 2. The standard InChI is InChI=1S/C34H34N2O10S2.2Na/c1-3-5-7-19-9-11-21(17-27(19)47(41,42)43)35-23-13-14-24(36-22-12-10-20(8-6-4-2)28(18-22)48(44,45)46)30-29(23)33(39)31-25(37)15-16-26(38)32(31)34(30)40;;/h9-18,35-38H,3-8H2,1-2H3,(H,41,42,43)(H,44,45,46);;/q;2*+1/p-2. The Bertz CT molecular complexity index is 2040. The van der Waals surface area contributed by atoms with Gasteiger partial charge in [0.1, 0.15) is 0 Å². The molecule has 0 aliphatic heterocycles. The average molecular weight is 739 g/mol. The van der Waals surface area contributed by atoms with Gasteiger partial charge in [0, 0.05) is 22.5 Å². The van der Waals surface area contributed by atoms with Gasteiger partial charge in [0.2, 0.25) is 0 Å². The molecule has 1 aliphatic carbocycles. The number of nitrogens with one attached hydrogen (secondary N) is 2. The molecule has 252 valence electrons. The number of unbranched alkanes of at least 4 members (excludes halogenated alkanes) is 2. The van der Waals surface area contributed by atoms with E-state index in [4.69, 9.17) is 0 Å². The topological polar surface area (TPSA) is 213 Å². The molecule has 0 atom stereocenters. The number of benzene rings is 4. The van der Waals surface area contributed by atoms with Crippen molar-refractivity contribution in [3.8, 4) is 11.5 Å². The van der Waals surface area contributed by atoms with Crippen LogP contribution in [-0.2, 0) is 33.1 Å². The van der Waals surface area contributed by atoms with Gasteiger partial charge in [0.15, 0.2) is 11.6 Å². The Morgan fingerprint density at radius 2 is 0.940 bits per heavy atom. The van der Waals surface area contributed by atoms with Crippen LogP contribution >= 0.6 is 0 Å². The Kier molecular flexibility index (Phi) is 13.9. The van der Waals surface area contributed by atoms with Gasteiger partial charge >= 0.3 is 59.1 Å². The maximum Gasteiger partial charge on any atom is 1.00 e. The summed E-state index contributed by atoms with van der Waals surface area (Å²) in [6.45, 7) is 3.86. The van der Waals surface area contributed by atoms with E-state index < -0.39 is 54.4 Å². The van der Waals surface area contributed by atoms with Crippen molar-refractivity contribution in [1.82, 2.24) is 0 Å². The second-order valence-corrected chi connectivity index (χ2v) is 14.2. The third-order valence-corrected chi connectivity index (χ3v) is 9.96. The molecule has 4 aromatic rings. The van der Waals surface area contributed by atoms with E-state index in [0.29, 0.717) is 36.8 Å². The second-order valence-electron chi connectivity index (χ2n) is 11.4. The molecule has 1 aliphatic rings. The quantitative estimate of drug-likeness (QED) is 0.0923. The van der Waals surface area contributed by atoms with Crippen LogP contribution in [0.5, 0.6) is 11.5 Å². The summed E-state index contributed by atoms with van der Waals surface area (Å²) in [5.74, 6) is -3.55. The molecule has 5 rings (SSSR count). The summed E-state index contributed by atoms with van der Waals surface area (Å²) in [6, 6.07) is 13.1. The van der Waals surface area contributed by atoms with Crippen molar-refractivity contribution in [3.63, 3.8) is 0 Å². The largest absolute Gasteiger partial charge is 1.00 e. The molecule has 16 heteroatoms. The Morgan fingerprint density at radius 1 is 0.580 bits per heavy atom. The number of carbonyl (C=O) groups excluding carboxylic acids is 2. The van der Waals surface area contributed by atoms with E-state index in [1.54, 1.807) is 0 Å². The zero-order valence-corrected chi connectivity index (χ0v) is 33.6. The molecule has 0 spiro atoms. The average Bonchev–Trinajstić information content (AvgIpc) is 3.03. The van der Waals surface area contributed by atoms with Crippen LogP contribution in [0.3, 0.4) is 0 Å². The predicted octanol–water partition coefficient (Wildman–Crippen LogP) is -0.717. The van der Waals surface area contributed by atoms with E-state index in [9.17, 15) is 45.7 Å². The van der Waals surface area contributed by atoms with Crippen LogP contribution in [0.25, 0.3) is 0 Å². The van der Waals surface area contributed by atoms with Crippen LogP contribution in [0.2, 0.25) is 0 Å². The Morgan fingerprint density at radius 3 is 1.26 bits per heavy atom. The summed E-state index contributed by atoms with van der Waals surface area (Å²) in [7, 11) is -9.28. The Hall–Kier alpha value is -2.76. The molecular weight excluding hydrogens is 706 g/mol. The minimum Gasteiger partial charge on any atom is -0.872 e.